The fourth-order valence-corrected chi connectivity index (χ4v) is 10.3. The molecule has 2 aromatic heterocycles. The van der Waals surface area contributed by atoms with E-state index in [0.29, 0.717) is 41.8 Å². The number of hydrogen-bond acceptors (Lipinski definition) is 2. The highest BCUT2D eigenvalue weighted by atomic mass is 32.1. The Labute approximate surface area is 269 Å². The van der Waals surface area contributed by atoms with Crippen LogP contribution in [0.5, 0.6) is 0 Å². The van der Waals surface area contributed by atoms with E-state index in [9.17, 15) is 0 Å². The second-order valence-electron chi connectivity index (χ2n) is 11.8. The summed E-state index contributed by atoms with van der Waals surface area (Å²) in [7, 11) is 0. The molecule has 2 heterocycles. The number of alkyl halides is 6. The lowest BCUT2D eigenvalue weighted by Crippen LogP contribution is -2.48. The first-order chi connectivity index (χ1) is 22.1. The van der Waals surface area contributed by atoms with Crippen LogP contribution in [0.3, 0.4) is 0 Å². The summed E-state index contributed by atoms with van der Waals surface area (Å²) < 4.78 is 96.2. The van der Waals surface area contributed by atoms with E-state index in [-0.39, 0.29) is 11.1 Å². The molecule has 0 radical (unpaired) electrons. The van der Waals surface area contributed by atoms with Gasteiger partial charge in [0, 0.05) is 19.5 Å². The Morgan fingerprint density at radius 2 is 0.761 bits per heavy atom. The van der Waals surface area contributed by atoms with E-state index in [0.717, 1.165) is 0 Å². The molecule has 4 aromatic carbocycles. The first kappa shape index (κ1) is 29.3. The molecule has 2 aliphatic rings. The van der Waals surface area contributed by atoms with Crippen molar-refractivity contribution in [1.82, 2.24) is 0 Å². The third-order valence-electron chi connectivity index (χ3n) is 9.35. The summed E-state index contributed by atoms with van der Waals surface area (Å²) in [6.45, 7) is 0. The van der Waals surface area contributed by atoms with Crippen molar-refractivity contribution in [2.45, 2.75) is 35.0 Å². The van der Waals surface area contributed by atoms with Crippen LogP contribution in [0.15, 0.2) is 133 Å². The van der Waals surface area contributed by atoms with Crippen molar-refractivity contribution in [3.63, 3.8) is 0 Å². The molecule has 2 aliphatic carbocycles. The van der Waals surface area contributed by atoms with Crippen molar-refractivity contribution in [3.8, 4) is 20.9 Å². The van der Waals surface area contributed by atoms with Gasteiger partial charge >= 0.3 is 17.8 Å². The Kier molecular flexibility index (Phi) is 6.48. The average Bonchev–Trinajstić information content (AvgIpc) is 3.72. The maximum absolute atomic E-state index is 16.3. The molecule has 0 nitrogen and oxygen atoms in total. The van der Waals surface area contributed by atoms with Crippen molar-refractivity contribution in [1.29, 1.82) is 0 Å². The number of hydrogen-bond donors (Lipinski definition) is 0. The summed E-state index contributed by atoms with van der Waals surface area (Å²) in [4.78, 5) is 1.76. The SMILES string of the molecule is FC1(F)C2c3cc(-c4ccccc4)sc3C(c3ccccc3)(c3ccccc3)c3sc(-c4ccccc4)cc3C2C(F)(F)C1(F)F. The molecule has 2 atom stereocenters. The van der Waals surface area contributed by atoms with Crippen LogP contribution >= 0.6 is 22.7 Å². The van der Waals surface area contributed by atoms with Crippen molar-refractivity contribution >= 4 is 22.7 Å². The van der Waals surface area contributed by atoms with Crippen LogP contribution < -0.4 is 0 Å². The minimum atomic E-state index is -5.58. The van der Waals surface area contributed by atoms with Crippen LogP contribution in [0.2, 0.25) is 0 Å². The van der Waals surface area contributed by atoms with Gasteiger partial charge in [0.05, 0.1) is 17.3 Å². The number of thiophene rings is 2. The van der Waals surface area contributed by atoms with E-state index < -0.39 is 35.0 Å². The monoisotopic (exact) mass is 658 g/mol. The highest BCUT2D eigenvalue weighted by molar-refractivity contribution is 7.17. The van der Waals surface area contributed by atoms with Crippen molar-refractivity contribution in [2.75, 3.05) is 0 Å². The lowest BCUT2D eigenvalue weighted by molar-refractivity contribution is -0.275. The maximum Gasteiger partial charge on any atom is 0.373 e. The largest absolute Gasteiger partial charge is 0.373 e. The Hall–Kier alpha value is -4.14. The van der Waals surface area contributed by atoms with Gasteiger partial charge in [-0.2, -0.15) is 26.3 Å². The molecule has 8 heteroatoms. The normalized spacial score (nSPS) is 21.5. The Morgan fingerprint density at radius 1 is 0.435 bits per heavy atom. The number of benzene rings is 4. The minimum Gasteiger partial charge on any atom is -0.199 e. The Bertz CT molecular complexity index is 1890. The van der Waals surface area contributed by atoms with Crippen LogP contribution in [0.1, 0.15) is 43.8 Å². The van der Waals surface area contributed by atoms with Gasteiger partial charge in [-0.1, -0.05) is 121 Å². The fraction of sp³-hybridized carbons (Fsp3) is 0.158. The summed E-state index contributed by atoms with van der Waals surface area (Å²) in [6, 6.07) is 39.3. The predicted molar refractivity (Wildman–Crippen MR) is 172 cm³/mol. The van der Waals surface area contributed by atoms with E-state index in [1.807, 2.05) is 72.8 Å². The van der Waals surface area contributed by atoms with Gasteiger partial charge in [0.25, 0.3) is 0 Å². The molecule has 0 saturated heterocycles. The standard InChI is InChI=1S/C38H24F6S2/c39-36(40)31-27-21-29(23-13-5-1-6-14-23)45-33(27)35(25-17-9-3-10-18-25,26-19-11-4-12-20-26)34-28(32(31)37(41,42)38(36,43)44)22-30(46-34)24-15-7-2-8-16-24/h1-22,31-32H. The Balaban J connectivity index is 1.59. The van der Waals surface area contributed by atoms with E-state index in [1.165, 1.54) is 34.8 Å². The summed E-state index contributed by atoms with van der Waals surface area (Å²) in [6.07, 6.45) is 0. The molecular weight excluding hydrogens is 635 g/mol. The molecule has 230 valence electrons. The van der Waals surface area contributed by atoms with Crippen molar-refractivity contribution in [2.24, 2.45) is 0 Å². The summed E-state index contributed by atoms with van der Waals surface area (Å²) in [5.74, 6) is -20.6. The highest BCUT2D eigenvalue weighted by Gasteiger charge is 2.86. The summed E-state index contributed by atoms with van der Waals surface area (Å²) >= 11 is 2.40. The highest BCUT2D eigenvalue weighted by Crippen LogP contribution is 2.73. The lowest BCUT2D eigenvalue weighted by Gasteiger charge is -2.36. The Morgan fingerprint density at radius 3 is 1.11 bits per heavy atom. The third-order valence-corrected chi connectivity index (χ3v) is 12.0. The van der Waals surface area contributed by atoms with Gasteiger partial charge in [-0.25, -0.2) is 0 Å². The van der Waals surface area contributed by atoms with Gasteiger partial charge in [0.1, 0.15) is 0 Å². The van der Waals surface area contributed by atoms with Gasteiger partial charge in [0.2, 0.25) is 0 Å². The summed E-state index contributed by atoms with van der Waals surface area (Å²) in [5.41, 5.74) is 1.01. The van der Waals surface area contributed by atoms with E-state index >= 15 is 26.3 Å². The van der Waals surface area contributed by atoms with E-state index in [2.05, 4.69) is 0 Å². The quantitative estimate of drug-likeness (QED) is 0.165. The fourth-order valence-electron chi connectivity index (χ4n) is 7.30. The third kappa shape index (κ3) is 3.80. The van der Waals surface area contributed by atoms with Crippen LogP contribution in [0, 0.1) is 0 Å². The van der Waals surface area contributed by atoms with Crippen LogP contribution in [0.4, 0.5) is 26.3 Å². The number of halogens is 6. The zero-order valence-electron chi connectivity index (χ0n) is 23.9. The van der Waals surface area contributed by atoms with Crippen LogP contribution in [-0.2, 0) is 5.41 Å². The van der Waals surface area contributed by atoms with Gasteiger partial charge < -0.3 is 0 Å². The van der Waals surface area contributed by atoms with Crippen molar-refractivity contribution < 1.29 is 26.3 Å². The molecule has 0 N–H and O–H groups in total. The van der Waals surface area contributed by atoms with Gasteiger partial charge in [0.15, 0.2) is 0 Å². The molecule has 8 rings (SSSR count). The number of fused-ring (bicyclic) bond motifs is 5. The van der Waals surface area contributed by atoms with Crippen molar-refractivity contribution in [3.05, 3.63) is 165 Å². The van der Waals surface area contributed by atoms with Gasteiger partial charge in [-0.05, 0) is 45.5 Å². The predicted octanol–water partition coefficient (Wildman–Crippen LogP) is 11.6. The molecule has 0 bridgehead atoms. The lowest BCUT2D eigenvalue weighted by atomic mass is 9.70. The second kappa shape index (κ2) is 10.2. The first-order valence-electron chi connectivity index (χ1n) is 14.7. The number of rotatable bonds is 4. The second-order valence-corrected chi connectivity index (χ2v) is 13.9. The molecule has 1 saturated carbocycles. The zero-order chi connectivity index (χ0) is 31.9. The average molecular weight is 659 g/mol. The molecule has 0 amide bonds. The van der Waals surface area contributed by atoms with Gasteiger partial charge in [-0.3, -0.25) is 0 Å². The molecule has 1 fully saturated rings. The topological polar surface area (TPSA) is 0 Å². The molecule has 0 spiro atoms. The maximum atomic E-state index is 16.3. The van der Waals surface area contributed by atoms with Crippen LogP contribution in [0.25, 0.3) is 20.9 Å². The van der Waals surface area contributed by atoms with E-state index in [4.69, 9.17) is 0 Å². The minimum absolute atomic E-state index is 0.173. The smallest absolute Gasteiger partial charge is 0.199 e. The molecular formula is C38H24F6S2. The van der Waals surface area contributed by atoms with E-state index in [1.54, 1.807) is 48.5 Å². The van der Waals surface area contributed by atoms with Gasteiger partial charge in [-0.15, -0.1) is 22.7 Å². The molecule has 46 heavy (non-hydrogen) atoms. The first-order valence-corrected chi connectivity index (χ1v) is 16.4. The summed E-state index contributed by atoms with van der Waals surface area (Å²) in [5, 5.41) is 0. The van der Waals surface area contributed by atoms with Crippen LogP contribution in [-0.4, -0.2) is 17.8 Å². The zero-order valence-corrected chi connectivity index (χ0v) is 25.6. The molecule has 0 aliphatic heterocycles. The molecule has 6 aromatic rings. The molecule has 2 unspecified atom stereocenters.